The number of benzene rings is 1. The van der Waals surface area contributed by atoms with Crippen LogP contribution in [0, 0.1) is 0 Å². The van der Waals surface area contributed by atoms with Gasteiger partial charge in [0, 0.05) is 18.8 Å². The molecule has 76 valence electrons. The van der Waals surface area contributed by atoms with Crippen molar-refractivity contribution in [3.63, 3.8) is 0 Å². The number of nitrogens with zero attached hydrogens (tertiary/aromatic N) is 1. The first-order valence-electron chi connectivity index (χ1n) is 5.02. The van der Waals surface area contributed by atoms with Crippen LogP contribution in [0.5, 0.6) is 5.75 Å². The van der Waals surface area contributed by atoms with Crippen LogP contribution in [0.25, 0.3) is 0 Å². The quantitative estimate of drug-likeness (QED) is 0.650. The molecule has 2 nitrogen and oxygen atoms in total. The average molecular weight is 199 g/mol. The van der Waals surface area contributed by atoms with Gasteiger partial charge in [0.05, 0.1) is 6.61 Å². The summed E-state index contributed by atoms with van der Waals surface area (Å²) in [5.74, 6) is 1.07. The minimum Gasteiger partial charge on any atom is -0.493 e. The Bertz CT molecular complexity index is 351. The molecule has 0 amide bonds. The molecule has 3 rings (SSSR count). The predicted molar refractivity (Wildman–Crippen MR) is 59.9 cm³/mol. The monoisotopic (exact) mass is 199 g/mol. The molecule has 1 aliphatic heterocycles. The van der Waals surface area contributed by atoms with Gasteiger partial charge in [0.1, 0.15) is 5.75 Å². The van der Waals surface area contributed by atoms with E-state index in [0.29, 0.717) is 0 Å². The molecule has 0 saturated carbocycles. The molecule has 0 N–H and O–H groups in total. The van der Waals surface area contributed by atoms with Crippen molar-refractivity contribution in [1.82, 2.24) is 4.98 Å². The van der Waals surface area contributed by atoms with Gasteiger partial charge in [-0.3, -0.25) is 4.98 Å². The van der Waals surface area contributed by atoms with Crippen LogP contribution in [0.2, 0.25) is 0 Å². The second kappa shape index (κ2) is 5.15. The number of pyridine rings is 1. The zero-order valence-corrected chi connectivity index (χ0v) is 8.47. The number of hydrogen-bond donors (Lipinski definition) is 0. The molecule has 1 aliphatic rings. The lowest BCUT2D eigenvalue weighted by molar-refractivity contribution is 0.357. The van der Waals surface area contributed by atoms with Crippen molar-refractivity contribution in [1.29, 1.82) is 0 Å². The van der Waals surface area contributed by atoms with Crippen molar-refractivity contribution in [3.8, 4) is 5.75 Å². The van der Waals surface area contributed by atoms with Gasteiger partial charge < -0.3 is 4.74 Å². The molecule has 0 saturated heterocycles. The van der Waals surface area contributed by atoms with E-state index in [1.165, 1.54) is 5.56 Å². The van der Waals surface area contributed by atoms with E-state index in [1.807, 2.05) is 36.4 Å². The lowest BCUT2D eigenvalue weighted by atomic mass is 10.2. The molecule has 0 unspecified atom stereocenters. The van der Waals surface area contributed by atoms with Crippen molar-refractivity contribution >= 4 is 0 Å². The summed E-state index contributed by atoms with van der Waals surface area (Å²) in [4.78, 5) is 3.78. The molecule has 0 spiro atoms. The smallest absolute Gasteiger partial charge is 0.122 e. The van der Waals surface area contributed by atoms with Crippen LogP contribution in [-0.4, -0.2) is 11.6 Å². The van der Waals surface area contributed by atoms with Crippen molar-refractivity contribution in [3.05, 3.63) is 60.4 Å². The molecular formula is C13H13NO. The molecule has 2 heterocycles. The van der Waals surface area contributed by atoms with Crippen molar-refractivity contribution in [2.24, 2.45) is 0 Å². The lowest BCUT2D eigenvalue weighted by Crippen LogP contribution is -1.85. The van der Waals surface area contributed by atoms with Crippen molar-refractivity contribution < 1.29 is 4.74 Å². The number of fused-ring (bicyclic) bond motifs is 1. The minimum absolute atomic E-state index is 0.860. The fraction of sp³-hybridized carbons (Fsp3) is 0.154. The number of hydrogen-bond acceptors (Lipinski definition) is 2. The standard InChI is InChI=1S/C8H8O.C5H5N/c1-2-4-8-7(3-1)5-6-9-8;1-2-4-6-5-3-1/h1-4H,5-6H2;1-5H. The highest BCUT2D eigenvalue weighted by molar-refractivity contribution is 5.35. The second-order valence-electron chi connectivity index (χ2n) is 3.23. The number of para-hydroxylation sites is 1. The summed E-state index contributed by atoms with van der Waals surface area (Å²) < 4.78 is 5.30. The molecular weight excluding hydrogens is 186 g/mol. The van der Waals surface area contributed by atoms with E-state index in [2.05, 4.69) is 11.1 Å². The summed E-state index contributed by atoms with van der Waals surface area (Å²) in [6.07, 6.45) is 4.58. The minimum atomic E-state index is 0.860. The first-order chi connectivity index (χ1) is 7.47. The maximum atomic E-state index is 5.30. The van der Waals surface area contributed by atoms with Gasteiger partial charge in [0.15, 0.2) is 0 Å². The van der Waals surface area contributed by atoms with Gasteiger partial charge in [0.25, 0.3) is 0 Å². The SMILES string of the molecule is c1ccc2c(c1)CCO2.c1ccncc1. The van der Waals surface area contributed by atoms with Crippen LogP contribution in [-0.2, 0) is 6.42 Å². The normalized spacial score (nSPS) is 12.0. The first kappa shape index (κ1) is 9.71. The molecule has 1 aromatic heterocycles. The van der Waals surface area contributed by atoms with Crippen LogP contribution in [0.15, 0.2) is 54.9 Å². The fourth-order valence-corrected chi connectivity index (χ4v) is 1.43. The van der Waals surface area contributed by atoms with Gasteiger partial charge in [-0.15, -0.1) is 0 Å². The topological polar surface area (TPSA) is 22.1 Å². The molecule has 1 aromatic carbocycles. The summed E-state index contributed by atoms with van der Waals surface area (Å²) in [5.41, 5.74) is 1.34. The van der Waals surface area contributed by atoms with Gasteiger partial charge in [-0.25, -0.2) is 0 Å². The Morgan fingerprint density at radius 3 is 2.33 bits per heavy atom. The van der Waals surface area contributed by atoms with Gasteiger partial charge in [0.2, 0.25) is 0 Å². The molecule has 2 heteroatoms. The fourth-order valence-electron chi connectivity index (χ4n) is 1.43. The average Bonchev–Trinajstić information content (AvgIpc) is 2.80. The van der Waals surface area contributed by atoms with E-state index in [9.17, 15) is 0 Å². The van der Waals surface area contributed by atoms with Gasteiger partial charge in [-0.2, -0.15) is 0 Å². The Kier molecular flexibility index (Phi) is 3.34. The second-order valence-corrected chi connectivity index (χ2v) is 3.23. The van der Waals surface area contributed by atoms with E-state index in [0.717, 1.165) is 18.8 Å². The first-order valence-corrected chi connectivity index (χ1v) is 5.02. The largest absolute Gasteiger partial charge is 0.493 e. The summed E-state index contributed by atoms with van der Waals surface area (Å²) in [5, 5.41) is 0. The molecule has 0 atom stereocenters. The van der Waals surface area contributed by atoms with E-state index >= 15 is 0 Å². The van der Waals surface area contributed by atoms with E-state index in [-0.39, 0.29) is 0 Å². The Morgan fingerprint density at radius 2 is 1.73 bits per heavy atom. The zero-order chi connectivity index (χ0) is 10.3. The van der Waals surface area contributed by atoms with Gasteiger partial charge >= 0.3 is 0 Å². The predicted octanol–water partition coefficient (Wildman–Crippen LogP) is 2.70. The van der Waals surface area contributed by atoms with Crippen LogP contribution < -0.4 is 4.74 Å². The lowest BCUT2D eigenvalue weighted by Gasteiger charge is -1.93. The Morgan fingerprint density at radius 1 is 0.933 bits per heavy atom. The molecule has 0 fully saturated rings. The number of ether oxygens (including phenoxy) is 1. The summed E-state index contributed by atoms with van der Waals surface area (Å²) in [6, 6.07) is 13.9. The highest BCUT2D eigenvalue weighted by Gasteiger charge is 2.08. The van der Waals surface area contributed by atoms with E-state index in [1.54, 1.807) is 12.4 Å². The molecule has 15 heavy (non-hydrogen) atoms. The van der Waals surface area contributed by atoms with Gasteiger partial charge in [-0.05, 0) is 23.8 Å². The van der Waals surface area contributed by atoms with Crippen molar-refractivity contribution in [2.45, 2.75) is 6.42 Å². The van der Waals surface area contributed by atoms with Crippen LogP contribution in [0.1, 0.15) is 5.56 Å². The maximum Gasteiger partial charge on any atom is 0.122 e. The number of rotatable bonds is 0. The summed E-state index contributed by atoms with van der Waals surface area (Å²) in [7, 11) is 0. The third kappa shape index (κ3) is 2.81. The summed E-state index contributed by atoms with van der Waals surface area (Å²) >= 11 is 0. The Balaban J connectivity index is 0.000000124. The molecule has 0 aliphatic carbocycles. The van der Waals surface area contributed by atoms with Crippen molar-refractivity contribution in [2.75, 3.05) is 6.61 Å². The van der Waals surface area contributed by atoms with E-state index < -0.39 is 0 Å². The molecule has 2 aromatic rings. The third-order valence-corrected chi connectivity index (χ3v) is 2.17. The highest BCUT2D eigenvalue weighted by atomic mass is 16.5. The van der Waals surface area contributed by atoms with Crippen LogP contribution in [0.4, 0.5) is 0 Å². The maximum absolute atomic E-state index is 5.30. The van der Waals surface area contributed by atoms with Crippen LogP contribution in [0.3, 0.4) is 0 Å². The number of aromatic nitrogens is 1. The Hall–Kier alpha value is -1.83. The summed E-state index contributed by atoms with van der Waals surface area (Å²) in [6.45, 7) is 0.860. The molecule has 0 radical (unpaired) electrons. The highest BCUT2D eigenvalue weighted by Crippen LogP contribution is 2.23. The van der Waals surface area contributed by atoms with Crippen LogP contribution >= 0.6 is 0 Å². The van der Waals surface area contributed by atoms with Gasteiger partial charge in [-0.1, -0.05) is 24.3 Å². The zero-order valence-electron chi connectivity index (χ0n) is 8.47. The molecule has 0 bridgehead atoms. The van der Waals surface area contributed by atoms with E-state index in [4.69, 9.17) is 4.74 Å². The Labute approximate surface area is 89.6 Å². The third-order valence-electron chi connectivity index (χ3n) is 2.17.